The molecule has 1 aromatic rings. The molecule has 0 amide bonds. The van der Waals surface area contributed by atoms with Gasteiger partial charge in [-0.25, -0.2) is 8.42 Å². The number of thiocarbonyl (C=S) groups is 1. The van der Waals surface area contributed by atoms with E-state index >= 15 is 0 Å². The Labute approximate surface area is 138 Å². The standard InChI is InChI=1S/C14H15BrN2O2S2/c1-2-6-16-12-8-21(18,19)9-13(12)17(14(16)20)11-5-3-4-10(15)7-11/h2-5,7,12-13H,1,6,8-9H2/t12-,13-/m1/s1. The maximum absolute atomic E-state index is 12.0. The zero-order valence-electron chi connectivity index (χ0n) is 11.3. The van der Waals surface area contributed by atoms with Gasteiger partial charge in [0.25, 0.3) is 0 Å². The van der Waals surface area contributed by atoms with Crippen molar-refractivity contribution in [3.63, 3.8) is 0 Å². The molecular weight excluding hydrogens is 372 g/mol. The summed E-state index contributed by atoms with van der Waals surface area (Å²) in [7, 11) is -3.02. The number of sulfone groups is 1. The predicted molar refractivity (Wildman–Crippen MR) is 92.4 cm³/mol. The number of rotatable bonds is 3. The minimum absolute atomic E-state index is 0.0838. The molecule has 0 N–H and O–H groups in total. The highest BCUT2D eigenvalue weighted by Gasteiger charge is 2.51. The fourth-order valence-electron chi connectivity index (χ4n) is 3.06. The SMILES string of the molecule is C=CCN1C(=S)N(c2cccc(Br)c2)[C@@H]2CS(=O)(=O)C[C@H]21. The first-order valence-corrected chi connectivity index (χ1v) is 9.62. The van der Waals surface area contributed by atoms with Gasteiger partial charge in [0.1, 0.15) is 0 Å². The first-order chi connectivity index (χ1) is 9.93. The van der Waals surface area contributed by atoms with Crippen LogP contribution in [0.15, 0.2) is 41.4 Å². The summed E-state index contributed by atoms with van der Waals surface area (Å²) in [5, 5.41) is 0.679. The molecule has 2 atom stereocenters. The van der Waals surface area contributed by atoms with E-state index in [1.54, 1.807) is 6.08 Å². The summed E-state index contributed by atoms with van der Waals surface area (Å²) in [4.78, 5) is 3.94. The van der Waals surface area contributed by atoms with Gasteiger partial charge in [-0.2, -0.15) is 0 Å². The summed E-state index contributed by atoms with van der Waals surface area (Å²) >= 11 is 9.03. The molecule has 0 radical (unpaired) electrons. The number of fused-ring (bicyclic) bond motifs is 1. The molecule has 2 aliphatic heterocycles. The average molecular weight is 387 g/mol. The Morgan fingerprint density at radius 1 is 1.38 bits per heavy atom. The summed E-state index contributed by atoms with van der Waals surface area (Å²) in [6.45, 7) is 4.31. The molecule has 2 saturated heterocycles. The number of hydrogen-bond acceptors (Lipinski definition) is 3. The van der Waals surface area contributed by atoms with Gasteiger partial charge in [-0.1, -0.05) is 28.1 Å². The van der Waals surface area contributed by atoms with Crippen LogP contribution in [0.2, 0.25) is 0 Å². The van der Waals surface area contributed by atoms with Crippen LogP contribution in [0.3, 0.4) is 0 Å². The molecule has 1 aromatic carbocycles. The van der Waals surface area contributed by atoms with Crippen LogP contribution in [-0.2, 0) is 9.84 Å². The molecule has 0 aromatic heterocycles. The van der Waals surface area contributed by atoms with E-state index in [4.69, 9.17) is 12.2 Å². The van der Waals surface area contributed by atoms with E-state index in [-0.39, 0.29) is 23.6 Å². The lowest BCUT2D eigenvalue weighted by Gasteiger charge is -2.25. The summed E-state index contributed by atoms with van der Waals surface area (Å²) in [6.07, 6.45) is 1.76. The summed E-state index contributed by atoms with van der Waals surface area (Å²) in [6, 6.07) is 7.59. The van der Waals surface area contributed by atoms with Crippen LogP contribution in [0.25, 0.3) is 0 Å². The lowest BCUT2D eigenvalue weighted by Crippen LogP contribution is -2.37. The second-order valence-electron chi connectivity index (χ2n) is 5.29. The molecule has 112 valence electrons. The van der Waals surface area contributed by atoms with Gasteiger partial charge < -0.3 is 9.80 Å². The summed E-state index contributed by atoms with van der Waals surface area (Å²) < 4.78 is 25.0. The van der Waals surface area contributed by atoms with Crippen molar-refractivity contribution in [1.29, 1.82) is 0 Å². The zero-order chi connectivity index (χ0) is 15.2. The molecule has 2 heterocycles. The molecule has 7 heteroatoms. The van der Waals surface area contributed by atoms with Crippen LogP contribution < -0.4 is 4.90 Å². The first-order valence-electron chi connectivity index (χ1n) is 6.59. The Morgan fingerprint density at radius 2 is 2.10 bits per heavy atom. The lowest BCUT2D eigenvalue weighted by atomic mass is 10.1. The van der Waals surface area contributed by atoms with Crippen molar-refractivity contribution in [3.05, 3.63) is 41.4 Å². The third kappa shape index (κ3) is 2.62. The second kappa shape index (κ2) is 5.37. The number of nitrogens with zero attached hydrogens (tertiary/aromatic N) is 2. The van der Waals surface area contributed by atoms with Crippen molar-refractivity contribution in [2.45, 2.75) is 12.1 Å². The van der Waals surface area contributed by atoms with Crippen molar-refractivity contribution < 1.29 is 8.42 Å². The van der Waals surface area contributed by atoms with E-state index in [0.717, 1.165) is 10.2 Å². The Kier molecular flexibility index (Phi) is 3.83. The number of halogens is 1. The highest BCUT2D eigenvalue weighted by molar-refractivity contribution is 9.10. The molecule has 4 nitrogen and oxygen atoms in total. The van der Waals surface area contributed by atoms with Crippen molar-refractivity contribution in [2.75, 3.05) is 23.0 Å². The quantitative estimate of drug-likeness (QED) is 0.588. The summed E-state index contributed by atoms with van der Waals surface area (Å²) in [5.41, 5.74) is 0.924. The van der Waals surface area contributed by atoms with Crippen LogP contribution >= 0.6 is 28.1 Å². The maximum atomic E-state index is 12.0. The molecule has 0 bridgehead atoms. The van der Waals surface area contributed by atoms with Gasteiger partial charge in [0.2, 0.25) is 0 Å². The molecule has 0 saturated carbocycles. The third-order valence-electron chi connectivity index (χ3n) is 3.89. The van der Waals surface area contributed by atoms with Gasteiger partial charge in [0, 0.05) is 16.7 Å². The van der Waals surface area contributed by atoms with Gasteiger partial charge in [-0.15, -0.1) is 6.58 Å². The van der Waals surface area contributed by atoms with E-state index < -0.39 is 9.84 Å². The Morgan fingerprint density at radius 3 is 2.76 bits per heavy atom. The van der Waals surface area contributed by atoms with E-state index in [0.29, 0.717) is 11.7 Å². The number of anilines is 1. The Hall–Kier alpha value is -0.920. The highest BCUT2D eigenvalue weighted by Crippen LogP contribution is 2.35. The minimum Gasteiger partial charge on any atom is -0.339 e. The summed E-state index contributed by atoms with van der Waals surface area (Å²) in [5.74, 6) is 0.314. The van der Waals surface area contributed by atoms with Gasteiger partial charge in [-0.3, -0.25) is 0 Å². The van der Waals surface area contributed by atoms with Crippen LogP contribution in [0.1, 0.15) is 0 Å². The lowest BCUT2D eigenvalue weighted by molar-refractivity contribution is 0.389. The van der Waals surface area contributed by atoms with Crippen LogP contribution in [0.4, 0.5) is 5.69 Å². The number of benzene rings is 1. The molecule has 3 rings (SSSR count). The monoisotopic (exact) mass is 386 g/mol. The van der Waals surface area contributed by atoms with Crippen LogP contribution in [0, 0.1) is 0 Å². The van der Waals surface area contributed by atoms with Crippen LogP contribution in [-0.4, -0.2) is 48.6 Å². The van der Waals surface area contributed by atoms with Crippen molar-refractivity contribution >= 4 is 48.8 Å². The first kappa shape index (κ1) is 15.0. The second-order valence-corrected chi connectivity index (χ2v) is 8.72. The molecule has 0 spiro atoms. The van der Waals surface area contributed by atoms with E-state index in [1.165, 1.54) is 0 Å². The molecular formula is C14H15BrN2O2S2. The highest BCUT2D eigenvalue weighted by atomic mass is 79.9. The molecule has 2 aliphatic rings. The van der Waals surface area contributed by atoms with Gasteiger partial charge >= 0.3 is 0 Å². The minimum atomic E-state index is -3.02. The maximum Gasteiger partial charge on any atom is 0.177 e. The smallest absolute Gasteiger partial charge is 0.177 e. The third-order valence-corrected chi connectivity index (χ3v) is 6.51. The molecule has 21 heavy (non-hydrogen) atoms. The fraction of sp³-hybridized carbons (Fsp3) is 0.357. The van der Waals surface area contributed by atoms with Gasteiger partial charge in [0.15, 0.2) is 14.9 Å². The van der Waals surface area contributed by atoms with E-state index in [2.05, 4.69) is 22.5 Å². The molecule has 0 aliphatic carbocycles. The Balaban J connectivity index is 2.03. The van der Waals surface area contributed by atoms with Crippen molar-refractivity contribution in [1.82, 2.24) is 4.90 Å². The fourth-order valence-corrected chi connectivity index (χ4v) is 5.85. The van der Waals surface area contributed by atoms with Crippen LogP contribution in [0.5, 0.6) is 0 Å². The van der Waals surface area contributed by atoms with Crippen molar-refractivity contribution in [2.24, 2.45) is 0 Å². The number of hydrogen-bond donors (Lipinski definition) is 0. The van der Waals surface area contributed by atoms with E-state index in [1.807, 2.05) is 34.1 Å². The molecule has 2 fully saturated rings. The van der Waals surface area contributed by atoms with Gasteiger partial charge in [-0.05, 0) is 30.4 Å². The van der Waals surface area contributed by atoms with Crippen molar-refractivity contribution in [3.8, 4) is 0 Å². The predicted octanol–water partition coefficient (Wildman–Crippen LogP) is 2.21. The average Bonchev–Trinajstić information content (AvgIpc) is 2.82. The topological polar surface area (TPSA) is 40.6 Å². The molecule has 0 unspecified atom stereocenters. The largest absolute Gasteiger partial charge is 0.339 e. The zero-order valence-corrected chi connectivity index (χ0v) is 14.5. The van der Waals surface area contributed by atoms with E-state index in [9.17, 15) is 8.42 Å². The Bertz CT molecular complexity index is 705. The van der Waals surface area contributed by atoms with Gasteiger partial charge in [0.05, 0.1) is 23.6 Å². The normalized spacial score (nSPS) is 27.0.